The number of rotatable bonds is 7. The quantitative estimate of drug-likeness (QED) is 0.622. The van der Waals surface area contributed by atoms with Crippen molar-refractivity contribution in [2.45, 2.75) is 33.4 Å². The molecular formula is C23H27N3O2. The molecule has 0 aliphatic heterocycles. The van der Waals surface area contributed by atoms with Crippen LogP contribution in [0.4, 0.5) is 0 Å². The van der Waals surface area contributed by atoms with Crippen molar-refractivity contribution in [1.82, 2.24) is 14.7 Å². The first kappa shape index (κ1) is 19.7. The molecule has 28 heavy (non-hydrogen) atoms. The van der Waals surface area contributed by atoms with Gasteiger partial charge < -0.3 is 9.64 Å². The second-order valence-corrected chi connectivity index (χ2v) is 7.03. The van der Waals surface area contributed by atoms with Crippen molar-refractivity contribution in [3.63, 3.8) is 0 Å². The summed E-state index contributed by atoms with van der Waals surface area (Å²) >= 11 is 0. The van der Waals surface area contributed by atoms with Crippen LogP contribution in [0.1, 0.15) is 39.7 Å². The van der Waals surface area contributed by atoms with Gasteiger partial charge in [0.15, 0.2) is 0 Å². The molecule has 3 aromatic rings. The van der Waals surface area contributed by atoms with Crippen LogP contribution in [0.15, 0.2) is 54.7 Å². The summed E-state index contributed by atoms with van der Waals surface area (Å²) in [4.78, 5) is 14.5. The molecule has 0 spiro atoms. The molecule has 0 N–H and O–H groups in total. The average Bonchev–Trinajstić information content (AvgIpc) is 3.04. The molecule has 5 nitrogen and oxygen atoms in total. The molecule has 0 unspecified atom stereocenters. The van der Waals surface area contributed by atoms with Crippen molar-refractivity contribution in [3.8, 4) is 5.75 Å². The Morgan fingerprint density at radius 3 is 2.54 bits per heavy atom. The normalized spacial score (nSPS) is 10.7. The van der Waals surface area contributed by atoms with Crippen molar-refractivity contribution < 1.29 is 9.53 Å². The van der Waals surface area contributed by atoms with E-state index < -0.39 is 0 Å². The van der Waals surface area contributed by atoms with Gasteiger partial charge >= 0.3 is 0 Å². The molecule has 0 saturated heterocycles. The van der Waals surface area contributed by atoms with Gasteiger partial charge in [0.2, 0.25) is 0 Å². The first-order valence-corrected chi connectivity index (χ1v) is 9.51. The van der Waals surface area contributed by atoms with Crippen LogP contribution in [0.3, 0.4) is 0 Å². The largest absolute Gasteiger partial charge is 0.489 e. The second kappa shape index (κ2) is 8.74. The van der Waals surface area contributed by atoms with Crippen LogP contribution in [0.2, 0.25) is 0 Å². The lowest BCUT2D eigenvalue weighted by molar-refractivity contribution is 0.0784. The van der Waals surface area contributed by atoms with E-state index in [-0.39, 0.29) is 5.91 Å². The molecule has 1 aromatic heterocycles. The summed E-state index contributed by atoms with van der Waals surface area (Å²) in [7, 11) is 3.72. The SMILES string of the molecule is CCc1ccc(OCc2cccc(C(=O)N(C)Cc3cnn(C)c3C)c2)cc1. The lowest BCUT2D eigenvalue weighted by Gasteiger charge is -2.17. The molecule has 0 aliphatic rings. The molecule has 3 rings (SSSR count). The van der Waals surface area contributed by atoms with Crippen LogP contribution < -0.4 is 4.74 Å². The lowest BCUT2D eigenvalue weighted by Crippen LogP contribution is -2.26. The third kappa shape index (κ3) is 4.60. The smallest absolute Gasteiger partial charge is 0.253 e. The Morgan fingerprint density at radius 1 is 1.14 bits per heavy atom. The third-order valence-corrected chi connectivity index (χ3v) is 5.00. The molecule has 0 bridgehead atoms. The van der Waals surface area contributed by atoms with E-state index in [0.29, 0.717) is 18.7 Å². The van der Waals surface area contributed by atoms with E-state index >= 15 is 0 Å². The van der Waals surface area contributed by atoms with E-state index in [1.54, 1.807) is 4.90 Å². The minimum Gasteiger partial charge on any atom is -0.489 e. The Morgan fingerprint density at radius 2 is 1.89 bits per heavy atom. The van der Waals surface area contributed by atoms with Gasteiger partial charge in [-0.1, -0.05) is 31.2 Å². The Labute approximate surface area is 166 Å². The second-order valence-electron chi connectivity index (χ2n) is 7.03. The van der Waals surface area contributed by atoms with E-state index in [0.717, 1.165) is 29.0 Å². The van der Waals surface area contributed by atoms with Crippen LogP contribution in [-0.2, 0) is 26.6 Å². The molecule has 1 amide bonds. The molecule has 0 saturated carbocycles. The van der Waals surface area contributed by atoms with Gasteiger partial charge in [-0.05, 0) is 48.7 Å². The molecular weight excluding hydrogens is 350 g/mol. The first-order valence-electron chi connectivity index (χ1n) is 9.51. The highest BCUT2D eigenvalue weighted by Crippen LogP contribution is 2.16. The minimum absolute atomic E-state index is 0.0163. The summed E-state index contributed by atoms with van der Waals surface area (Å²) < 4.78 is 7.68. The van der Waals surface area contributed by atoms with Crippen molar-refractivity contribution in [3.05, 3.63) is 82.7 Å². The Balaban J connectivity index is 1.64. The molecule has 146 valence electrons. The number of hydrogen-bond acceptors (Lipinski definition) is 3. The molecule has 5 heteroatoms. The van der Waals surface area contributed by atoms with E-state index in [2.05, 4.69) is 24.2 Å². The Bertz CT molecular complexity index is 945. The summed E-state index contributed by atoms with van der Waals surface area (Å²) in [6.45, 7) is 5.09. The first-order chi connectivity index (χ1) is 13.5. The lowest BCUT2D eigenvalue weighted by atomic mass is 10.1. The molecule has 0 fully saturated rings. The average molecular weight is 377 g/mol. The fourth-order valence-electron chi connectivity index (χ4n) is 3.03. The zero-order valence-corrected chi connectivity index (χ0v) is 17.0. The number of aryl methyl sites for hydroxylation is 2. The van der Waals surface area contributed by atoms with Crippen molar-refractivity contribution in [1.29, 1.82) is 0 Å². The van der Waals surface area contributed by atoms with Gasteiger partial charge in [0.25, 0.3) is 5.91 Å². The third-order valence-electron chi connectivity index (χ3n) is 5.00. The van der Waals surface area contributed by atoms with E-state index in [4.69, 9.17) is 4.74 Å². The van der Waals surface area contributed by atoms with Crippen LogP contribution in [-0.4, -0.2) is 27.6 Å². The summed E-state index contributed by atoms with van der Waals surface area (Å²) in [5.41, 5.74) is 5.03. The molecule has 2 aromatic carbocycles. The van der Waals surface area contributed by atoms with E-state index in [9.17, 15) is 4.79 Å². The molecule has 0 atom stereocenters. The van der Waals surface area contributed by atoms with Gasteiger partial charge in [-0.15, -0.1) is 0 Å². The summed E-state index contributed by atoms with van der Waals surface area (Å²) in [5.74, 6) is 0.815. The van der Waals surface area contributed by atoms with Crippen LogP contribution in [0, 0.1) is 6.92 Å². The van der Waals surface area contributed by atoms with Gasteiger partial charge in [-0.2, -0.15) is 5.10 Å². The van der Waals surface area contributed by atoms with Crippen molar-refractivity contribution in [2.75, 3.05) is 7.05 Å². The highest BCUT2D eigenvalue weighted by molar-refractivity contribution is 5.94. The Hall–Kier alpha value is -3.08. The number of carbonyl (C=O) groups is 1. The number of aromatic nitrogens is 2. The van der Waals surface area contributed by atoms with Gasteiger partial charge in [0, 0.05) is 37.5 Å². The monoisotopic (exact) mass is 377 g/mol. The van der Waals surface area contributed by atoms with Crippen molar-refractivity contribution >= 4 is 5.91 Å². The van der Waals surface area contributed by atoms with E-state index in [1.807, 2.05) is 68.3 Å². The van der Waals surface area contributed by atoms with Gasteiger partial charge in [-0.3, -0.25) is 9.48 Å². The number of benzene rings is 2. The number of hydrogen-bond donors (Lipinski definition) is 0. The fourth-order valence-corrected chi connectivity index (χ4v) is 3.03. The number of nitrogens with zero attached hydrogens (tertiary/aromatic N) is 3. The summed E-state index contributed by atoms with van der Waals surface area (Å²) in [6.07, 6.45) is 2.82. The zero-order chi connectivity index (χ0) is 20.1. The maximum absolute atomic E-state index is 12.8. The Kier molecular flexibility index (Phi) is 6.14. The summed E-state index contributed by atoms with van der Waals surface area (Å²) in [6, 6.07) is 15.7. The topological polar surface area (TPSA) is 47.4 Å². The maximum atomic E-state index is 12.8. The van der Waals surface area contributed by atoms with Crippen LogP contribution >= 0.6 is 0 Å². The van der Waals surface area contributed by atoms with E-state index in [1.165, 1.54) is 5.56 Å². The number of ether oxygens (including phenoxy) is 1. The number of amides is 1. The van der Waals surface area contributed by atoms with Crippen LogP contribution in [0.5, 0.6) is 5.75 Å². The van der Waals surface area contributed by atoms with Crippen LogP contribution in [0.25, 0.3) is 0 Å². The zero-order valence-electron chi connectivity index (χ0n) is 17.0. The van der Waals surface area contributed by atoms with Gasteiger partial charge in [-0.25, -0.2) is 0 Å². The standard InChI is InChI=1S/C23H27N3O2/c1-5-18-9-11-22(12-10-18)28-16-19-7-6-8-20(13-19)23(27)25(3)15-21-14-24-26(4)17(21)2/h6-14H,5,15-16H2,1-4H3. The predicted molar refractivity (Wildman–Crippen MR) is 110 cm³/mol. The number of carbonyl (C=O) groups excluding carboxylic acids is 1. The fraction of sp³-hybridized carbons (Fsp3) is 0.304. The predicted octanol–water partition coefficient (Wildman–Crippen LogP) is 4.14. The molecule has 1 heterocycles. The minimum atomic E-state index is -0.0163. The molecule has 0 aliphatic carbocycles. The highest BCUT2D eigenvalue weighted by atomic mass is 16.5. The summed E-state index contributed by atoms with van der Waals surface area (Å²) in [5, 5.41) is 4.24. The highest BCUT2D eigenvalue weighted by Gasteiger charge is 2.15. The molecule has 0 radical (unpaired) electrons. The maximum Gasteiger partial charge on any atom is 0.253 e. The van der Waals surface area contributed by atoms with Gasteiger partial charge in [0.1, 0.15) is 12.4 Å². The van der Waals surface area contributed by atoms with Gasteiger partial charge in [0.05, 0.1) is 6.20 Å². The van der Waals surface area contributed by atoms with Crippen molar-refractivity contribution in [2.24, 2.45) is 7.05 Å².